The second-order valence-electron chi connectivity index (χ2n) is 7.35. The number of thiocarbonyl (C=S) groups is 1. The first kappa shape index (κ1) is 17.5. The van der Waals surface area contributed by atoms with Crippen molar-refractivity contribution in [3.8, 4) is 5.75 Å². The lowest BCUT2D eigenvalue weighted by atomic mass is 9.57. The summed E-state index contributed by atoms with van der Waals surface area (Å²) in [5, 5.41) is 3.67. The monoisotopic (exact) mass is 347 g/mol. The van der Waals surface area contributed by atoms with Gasteiger partial charge in [-0.05, 0) is 68.8 Å². The van der Waals surface area contributed by atoms with E-state index in [0.29, 0.717) is 10.6 Å². The Morgan fingerprint density at radius 3 is 2.54 bits per heavy atom. The van der Waals surface area contributed by atoms with Gasteiger partial charge in [-0.25, -0.2) is 0 Å². The fraction of sp³-hybridized carbons (Fsp3) is 0.650. The zero-order chi connectivity index (χ0) is 17.0. The second-order valence-corrected chi connectivity index (χ2v) is 7.72. The molecule has 1 aromatic carbocycles. The summed E-state index contributed by atoms with van der Waals surface area (Å²) in [6.07, 6.45) is 10.7. The summed E-state index contributed by atoms with van der Waals surface area (Å²) in [4.78, 5) is 0. The molecule has 3 rings (SSSR count). The molecule has 0 radical (unpaired) electrons. The summed E-state index contributed by atoms with van der Waals surface area (Å²) in [6.45, 7) is 2.29. The Kier molecular flexibility index (Phi) is 5.65. The predicted octanol–water partition coefficient (Wildman–Crippen LogP) is 5.55. The van der Waals surface area contributed by atoms with Gasteiger partial charge >= 0.3 is 0 Å². The Hall–Kier alpha value is -1.29. The van der Waals surface area contributed by atoms with Crippen LogP contribution < -0.4 is 10.1 Å². The number of hydrogen-bond donors (Lipinski definition) is 1. The van der Waals surface area contributed by atoms with Crippen LogP contribution in [0.3, 0.4) is 0 Å². The molecule has 2 fully saturated rings. The molecule has 0 amide bonds. The van der Waals surface area contributed by atoms with Crippen molar-refractivity contribution in [2.75, 3.05) is 12.4 Å². The number of hydrogen-bond acceptors (Lipinski definition) is 3. The van der Waals surface area contributed by atoms with E-state index in [1.54, 1.807) is 7.11 Å². The summed E-state index contributed by atoms with van der Waals surface area (Å²) in [6, 6.07) is 7.79. The zero-order valence-corrected chi connectivity index (χ0v) is 15.7. The van der Waals surface area contributed by atoms with Crippen LogP contribution in [-0.4, -0.2) is 18.4 Å². The Morgan fingerprint density at radius 2 is 1.92 bits per heavy atom. The van der Waals surface area contributed by atoms with Crippen LogP contribution in [0.2, 0.25) is 0 Å². The van der Waals surface area contributed by atoms with Crippen molar-refractivity contribution in [3.63, 3.8) is 0 Å². The topological polar surface area (TPSA) is 30.5 Å². The molecule has 0 unspecified atom stereocenters. The van der Waals surface area contributed by atoms with Crippen molar-refractivity contribution >= 4 is 23.1 Å². The van der Waals surface area contributed by atoms with Crippen LogP contribution >= 0.6 is 12.2 Å². The summed E-state index contributed by atoms with van der Waals surface area (Å²) >= 11 is 5.45. The Balaban J connectivity index is 1.54. The number of nitrogens with one attached hydrogen (secondary N) is 1. The molecule has 1 aromatic rings. The number of benzene rings is 1. The minimum absolute atomic E-state index is 0.287. The Labute approximate surface area is 151 Å². The maximum absolute atomic E-state index is 6.14. The highest BCUT2D eigenvalue weighted by Crippen LogP contribution is 2.54. The molecule has 1 spiro atoms. The van der Waals surface area contributed by atoms with Crippen LogP contribution in [0.25, 0.3) is 0 Å². The van der Waals surface area contributed by atoms with Crippen LogP contribution in [0, 0.1) is 11.3 Å². The smallest absolute Gasteiger partial charge is 0.261 e. The van der Waals surface area contributed by atoms with Gasteiger partial charge in [-0.2, -0.15) is 0 Å². The first-order chi connectivity index (χ1) is 11.7. The molecule has 0 aromatic heterocycles. The van der Waals surface area contributed by atoms with Gasteiger partial charge in [0.15, 0.2) is 0 Å². The van der Waals surface area contributed by atoms with Gasteiger partial charge in [0.05, 0.1) is 12.8 Å². The summed E-state index contributed by atoms with van der Waals surface area (Å²) in [5.41, 5.74) is 1.25. The van der Waals surface area contributed by atoms with E-state index < -0.39 is 0 Å². The normalized spacial score (nSPS) is 28.9. The highest BCUT2D eigenvalue weighted by molar-refractivity contribution is 7.80. The van der Waals surface area contributed by atoms with E-state index in [-0.39, 0.29) is 6.10 Å². The highest BCUT2D eigenvalue weighted by Gasteiger charge is 2.50. The fourth-order valence-corrected chi connectivity index (χ4v) is 4.62. The van der Waals surface area contributed by atoms with Crippen LogP contribution in [-0.2, 0) is 4.74 Å². The van der Waals surface area contributed by atoms with Gasteiger partial charge in [0, 0.05) is 5.41 Å². The van der Waals surface area contributed by atoms with E-state index in [4.69, 9.17) is 21.7 Å². The second kappa shape index (κ2) is 7.73. The van der Waals surface area contributed by atoms with Crippen molar-refractivity contribution in [2.24, 2.45) is 11.3 Å². The molecule has 2 aliphatic rings. The van der Waals surface area contributed by atoms with E-state index in [2.05, 4.69) is 12.2 Å². The molecule has 0 saturated heterocycles. The molecule has 4 heteroatoms. The average molecular weight is 348 g/mol. The zero-order valence-electron chi connectivity index (χ0n) is 14.8. The van der Waals surface area contributed by atoms with Crippen molar-refractivity contribution < 1.29 is 9.47 Å². The van der Waals surface area contributed by atoms with Crippen LogP contribution in [0.15, 0.2) is 24.3 Å². The molecule has 2 saturated carbocycles. The van der Waals surface area contributed by atoms with Crippen molar-refractivity contribution in [1.82, 2.24) is 0 Å². The molecule has 132 valence electrons. The van der Waals surface area contributed by atoms with Crippen LogP contribution in [0.1, 0.15) is 58.3 Å². The molecular weight excluding hydrogens is 318 g/mol. The van der Waals surface area contributed by atoms with Crippen molar-refractivity contribution in [1.29, 1.82) is 0 Å². The predicted molar refractivity (Wildman–Crippen MR) is 103 cm³/mol. The third-order valence-electron chi connectivity index (χ3n) is 5.98. The molecular formula is C20H29NO2S. The summed E-state index contributed by atoms with van der Waals surface area (Å²) in [5.74, 6) is 1.72. The molecule has 3 nitrogen and oxygen atoms in total. The quantitative estimate of drug-likeness (QED) is 0.708. The van der Waals surface area contributed by atoms with Crippen LogP contribution in [0.4, 0.5) is 5.69 Å². The first-order valence-electron chi connectivity index (χ1n) is 9.27. The van der Waals surface area contributed by atoms with Gasteiger partial charge in [0.2, 0.25) is 0 Å². The third-order valence-corrected chi connectivity index (χ3v) is 6.18. The lowest BCUT2D eigenvalue weighted by Crippen LogP contribution is -2.50. The molecule has 1 atom stereocenters. The summed E-state index contributed by atoms with van der Waals surface area (Å²) in [7, 11) is 1.67. The average Bonchev–Trinajstić information content (AvgIpc) is 2.60. The maximum Gasteiger partial charge on any atom is 0.261 e. The van der Waals surface area contributed by atoms with E-state index in [1.165, 1.54) is 44.9 Å². The van der Waals surface area contributed by atoms with E-state index in [0.717, 1.165) is 23.8 Å². The summed E-state index contributed by atoms with van der Waals surface area (Å²) < 4.78 is 11.5. The molecule has 0 aliphatic heterocycles. The highest BCUT2D eigenvalue weighted by atomic mass is 32.1. The van der Waals surface area contributed by atoms with E-state index in [9.17, 15) is 0 Å². The van der Waals surface area contributed by atoms with Gasteiger partial charge in [-0.1, -0.05) is 31.9 Å². The van der Waals surface area contributed by atoms with Gasteiger partial charge < -0.3 is 14.8 Å². The molecule has 0 bridgehead atoms. The molecule has 2 aliphatic carbocycles. The maximum atomic E-state index is 6.14. The van der Waals surface area contributed by atoms with E-state index in [1.807, 2.05) is 24.3 Å². The number of para-hydroxylation sites is 2. The Morgan fingerprint density at radius 1 is 1.21 bits per heavy atom. The van der Waals surface area contributed by atoms with Crippen LogP contribution in [0.5, 0.6) is 5.75 Å². The molecule has 0 heterocycles. The SMILES string of the molecule is CCCC1CCC2(CC1)CC[C@@H]2OC(=S)Nc1ccccc1OC. The minimum atomic E-state index is 0.287. The first-order valence-corrected chi connectivity index (χ1v) is 9.68. The van der Waals surface area contributed by atoms with Gasteiger partial charge in [0.25, 0.3) is 5.17 Å². The largest absolute Gasteiger partial charge is 0.495 e. The van der Waals surface area contributed by atoms with Gasteiger partial charge in [-0.3, -0.25) is 0 Å². The lowest BCUT2D eigenvalue weighted by Gasteiger charge is -2.52. The van der Waals surface area contributed by atoms with Crippen molar-refractivity contribution in [3.05, 3.63) is 24.3 Å². The number of anilines is 1. The van der Waals surface area contributed by atoms with Crippen molar-refractivity contribution in [2.45, 2.75) is 64.4 Å². The standard InChI is InChI=1S/C20H29NO2S/c1-3-6-15-9-12-20(13-10-15)14-11-18(20)23-19(24)21-16-7-4-5-8-17(16)22-2/h4-5,7-8,15,18H,3,6,9-14H2,1-2H3,(H,21,24)/t15?,18-,20?/m0/s1. The minimum Gasteiger partial charge on any atom is -0.495 e. The number of rotatable bonds is 5. The third kappa shape index (κ3) is 3.69. The molecule has 24 heavy (non-hydrogen) atoms. The van der Waals surface area contributed by atoms with Gasteiger partial charge in [0.1, 0.15) is 11.9 Å². The Bertz CT molecular complexity index is 567. The van der Waals surface area contributed by atoms with E-state index >= 15 is 0 Å². The van der Waals surface area contributed by atoms with Gasteiger partial charge in [-0.15, -0.1) is 0 Å². The number of ether oxygens (including phenoxy) is 2. The lowest BCUT2D eigenvalue weighted by molar-refractivity contribution is -0.0843. The number of methoxy groups -OCH3 is 1. The molecule has 1 N–H and O–H groups in total. The fourth-order valence-electron chi connectivity index (χ4n) is 4.39.